The summed E-state index contributed by atoms with van der Waals surface area (Å²) in [5.74, 6) is -0.350. The van der Waals surface area contributed by atoms with Crippen LogP contribution in [-0.4, -0.2) is 30.7 Å². The minimum Gasteiger partial charge on any atom is -0.398 e. The molecule has 2 aromatic rings. The molecule has 3 rings (SSSR count). The van der Waals surface area contributed by atoms with E-state index in [0.717, 1.165) is 0 Å². The van der Waals surface area contributed by atoms with Crippen LogP contribution < -0.4 is 4.90 Å². The van der Waals surface area contributed by atoms with E-state index in [0.29, 0.717) is 22.0 Å². The second-order valence-electron chi connectivity index (χ2n) is 4.58. The molecule has 1 aliphatic heterocycles. The molecule has 106 valence electrons. The van der Waals surface area contributed by atoms with Crippen molar-refractivity contribution in [2.75, 3.05) is 19.1 Å². The third kappa shape index (κ3) is 1.74. The molecule has 1 aliphatic rings. The van der Waals surface area contributed by atoms with Gasteiger partial charge in [-0.05, 0) is 6.07 Å². The van der Waals surface area contributed by atoms with E-state index in [1.54, 1.807) is 31.3 Å². The number of non-ortho nitro benzene ring substituents is 1. The van der Waals surface area contributed by atoms with Crippen LogP contribution in [0.3, 0.4) is 0 Å². The Labute approximate surface area is 119 Å². The van der Waals surface area contributed by atoms with Gasteiger partial charge in [-0.15, -0.1) is 0 Å². The number of fused-ring (bicyclic) bond motifs is 3. The molecule has 0 atom stereocenters. The summed E-state index contributed by atoms with van der Waals surface area (Å²) in [5, 5.41) is 16.1. The predicted molar refractivity (Wildman–Crippen MR) is 77.6 cm³/mol. The lowest BCUT2D eigenvalue weighted by Crippen LogP contribution is -2.25. The Balaban J connectivity index is 2.45. The quantitative estimate of drug-likeness (QED) is 0.624. The molecule has 0 saturated heterocycles. The van der Waals surface area contributed by atoms with E-state index >= 15 is 0 Å². The molecule has 21 heavy (non-hydrogen) atoms. The average molecular weight is 285 g/mol. The molecule has 7 nitrogen and oxygen atoms in total. The SMILES string of the molecule is CO/N=C1\C(=O)N(C)c2c1cc([N+](=O)[O-])c1ccccc21. The molecule has 0 saturated carbocycles. The first-order chi connectivity index (χ1) is 10.1. The number of hydrogen-bond donors (Lipinski definition) is 0. The smallest absolute Gasteiger partial charge is 0.280 e. The van der Waals surface area contributed by atoms with Crippen molar-refractivity contribution in [2.45, 2.75) is 0 Å². The van der Waals surface area contributed by atoms with Gasteiger partial charge in [0.05, 0.1) is 16.0 Å². The molecular formula is C14H11N3O4. The van der Waals surface area contributed by atoms with E-state index < -0.39 is 4.92 Å². The fraction of sp³-hybridized carbons (Fsp3) is 0.143. The van der Waals surface area contributed by atoms with Crippen LogP contribution in [0.25, 0.3) is 10.8 Å². The summed E-state index contributed by atoms with van der Waals surface area (Å²) in [6.07, 6.45) is 0. The number of nitro groups is 1. The zero-order valence-corrected chi connectivity index (χ0v) is 11.4. The molecule has 0 bridgehead atoms. The van der Waals surface area contributed by atoms with Crippen molar-refractivity contribution in [1.29, 1.82) is 0 Å². The zero-order valence-electron chi connectivity index (χ0n) is 11.4. The first kappa shape index (κ1) is 13.0. The molecule has 1 heterocycles. The van der Waals surface area contributed by atoms with Crippen LogP contribution in [0.15, 0.2) is 35.5 Å². The van der Waals surface area contributed by atoms with E-state index in [9.17, 15) is 14.9 Å². The van der Waals surface area contributed by atoms with Gasteiger partial charge < -0.3 is 9.74 Å². The summed E-state index contributed by atoms with van der Waals surface area (Å²) >= 11 is 0. The van der Waals surface area contributed by atoms with Gasteiger partial charge in [0.25, 0.3) is 11.6 Å². The van der Waals surface area contributed by atoms with Gasteiger partial charge in [-0.1, -0.05) is 23.4 Å². The number of rotatable bonds is 2. The Morgan fingerprint density at radius 2 is 1.95 bits per heavy atom. The Bertz CT molecular complexity index is 813. The van der Waals surface area contributed by atoms with Gasteiger partial charge in [0.1, 0.15) is 7.11 Å². The number of likely N-dealkylation sites (N-methyl/N-ethyl adjacent to an activating group) is 1. The second-order valence-corrected chi connectivity index (χ2v) is 4.58. The average Bonchev–Trinajstić information content (AvgIpc) is 2.72. The number of hydrogen-bond acceptors (Lipinski definition) is 5. The Morgan fingerprint density at radius 3 is 2.57 bits per heavy atom. The van der Waals surface area contributed by atoms with Gasteiger partial charge in [-0.2, -0.15) is 0 Å². The molecule has 0 spiro atoms. The van der Waals surface area contributed by atoms with Crippen LogP contribution in [0, 0.1) is 10.1 Å². The summed E-state index contributed by atoms with van der Waals surface area (Å²) < 4.78 is 0. The van der Waals surface area contributed by atoms with Crippen LogP contribution in [-0.2, 0) is 9.63 Å². The first-order valence-corrected chi connectivity index (χ1v) is 6.16. The standard InChI is InChI=1S/C14H11N3O4/c1-16-13-9-6-4-3-5-8(9)11(17(19)20)7-10(13)12(14(16)18)15-21-2/h3-7H,1-2H3/b15-12-. The molecular weight excluding hydrogens is 274 g/mol. The van der Waals surface area contributed by atoms with Gasteiger partial charge in [-0.3, -0.25) is 14.9 Å². The topological polar surface area (TPSA) is 85.0 Å². The molecule has 1 amide bonds. The van der Waals surface area contributed by atoms with Gasteiger partial charge in [-0.25, -0.2) is 0 Å². The largest absolute Gasteiger partial charge is 0.398 e. The Hall–Kier alpha value is -2.96. The van der Waals surface area contributed by atoms with E-state index in [1.807, 2.05) is 0 Å². The Morgan fingerprint density at radius 1 is 1.29 bits per heavy atom. The first-order valence-electron chi connectivity index (χ1n) is 6.16. The molecule has 0 radical (unpaired) electrons. The molecule has 0 fully saturated rings. The van der Waals surface area contributed by atoms with E-state index in [2.05, 4.69) is 9.99 Å². The highest BCUT2D eigenvalue weighted by Gasteiger charge is 2.36. The van der Waals surface area contributed by atoms with Crippen molar-refractivity contribution in [3.05, 3.63) is 46.0 Å². The molecule has 0 aromatic heterocycles. The highest BCUT2D eigenvalue weighted by Crippen LogP contribution is 2.40. The number of nitrogens with zero attached hydrogens (tertiary/aromatic N) is 3. The monoisotopic (exact) mass is 285 g/mol. The summed E-state index contributed by atoms with van der Waals surface area (Å²) in [6.45, 7) is 0. The van der Waals surface area contributed by atoms with Crippen LogP contribution in [0.1, 0.15) is 5.56 Å². The maximum Gasteiger partial charge on any atom is 0.280 e. The molecule has 7 heteroatoms. The highest BCUT2D eigenvalue weighted by atomic mass is 16.6. The van der Waals surface area contributed by atoms with E-state index in [1.165, 1.54) is 18.1 Å². The van der Waals surface area contributed by atoms with Crippen LogP contribution >= 0.6 is 0 Å². The lowest BCUT2D eigenvalue weighted by atomic mass is 10.0. The van der Waals surface area contributed by atoms with Gasteiger partial charge >= 0.3 is 0 Å². The van der Waals surface area contributed by atoms with Crippen molar-refractivity contribution in [1.82, 2.24) is 0 Å². The fourth-order valence-corrected chi connectivity index (χ4v) is 2.59. The number of carbonyl (C=O) groups is 1. The van der Waals surface area contributed by atoms with Gasteiger partial charge in [0.2, 0.25) is 0 Å². The number of benzene rings is 2. The molecule has 2 aromatic carbocycles. The Kier molecular flexibility index (Phi) is 2.83. The number of carbonyl (C=O) groups excluding carboxylic acids is 1. The molecule has 0 aliphatic carbocycles. The highest BCUT2D eigenvalue weighted by molar-refractivity contribution is 6.55. The van der Waals surface area contributed by atoms with Crippen molar-refractivity contribution in [3.8, 4) is 0 Å². The summed E-state index contributed by atoms with van der Waals surface area (Å²) in [6, 6.07) is 8.29. The van der Waals surface area contributed by atoms with Crippen LogP contribution in [0.4, 0.5) is 11.4 Å². The van der Waals surface area contributed by atoms with Crippen LogP contribution in [0.5, 0.6) is 0 Å². The summed E-state index contributed by atoms with van der Waals surface area (Å²) in [5.41, 5.74) is 1.03. The summed E-state index contributed by atoms with van der Waals surface area (Å²) in [7, 11) is 2.94. The number of amides is 1. The second kappa shape index (κ2) is 4.55. The van der Waals surface area contributed by atoms with E-state index in [-0.39, 0.29) is 17.3 Å². The van der Waals surface area contributed by atoms with E-state index in [4.69, 9.17) is 0 Å². The fourth-order valence-electron chi connectivity index (χ4n) is 2.59. The third-order valence-electron chi connectivity index (χ3n) is 3.47. The van der Waals surface area contributed by atoms with Gasteiger partial charge in [0.15, 0.2) is 5.71 Å². The minimum absolute atomic E-state index is 0.0590. The van der Waals surface area contributed by atoms with Crippen molar-refractivity contribution >= 4 is 33.8 Å². The predicted octanol–water partition coefficient (Wildman–Crippen LogP) is 2.07. The lowest BCUT2D eigenvalue weighted by molar-refractivity contribution is -0.383. The van der Waals surface area contributed by atoms with Gasteiger partial charge in [0, 0.05) is 24.1 Å². The zero-order chi connectivity index (χ0) is 15.1. The maximum atomic E-state index is 12.2. The van der Waals surface area contributed by atoms with Crippen molar-refractivity contribution < 1.29 is 14.6 Å². The maximum absolute atomic E-state index is 12.2. The van der Waals surface area contributed by atoms with Crippen molar-refractivity contribution in [2.24, 2.45) is 5.16 Å². The minimum atomic E-state index is -0.462. The number of anilines is 1. The molecule has 0 unspecified atom stereocenters. The summed E-state index contributed by atoms with van der Waals surface area (Å²) in [4.78, 5) is 29.2. The number of nitro benzene ring substituents is 1. The number of oxime groups is 1. The molecule has 0 N–H and O–H groups in total. The lowest BCUT2D eigenvalue weighted by Gasteiger charge is -2.12. The van der Waals surface area contributed by atoms with Crippen molar-refractivity contribution in [3.63, 3.8) is 0 Å². The van der Waals surface area contributed by atoms with Crippen LogP contribution in [0.2, 0.25) is 0 Å². The third-order valence-corrected chi connectivity index (χ3v) is 3.47. The normalized spacial score (nSPS) is 15.6.